The van der Waals surface area contributed by atoms with Crippen LogP contribution in [-0.2, 0) is 16.6 Å². The van der Waals surface area contributed by atoms with Crippen LogP contribution in [-0.4, -0.2) is 12.7 Å². The minimum absolute atomic E-state index is 0.105. The first kappa shape index (κ1) is 19.7. The van der Waals surface area contributed by atoms with Crippen molar-refractivity contribution in [3.63, 3.8) is 0 Å². The molecule has 0 N–H and O–H groups in total. The second kappa shape index (κ2) is 8.14. The van der Waals surface area contributed by atoms with Gasteiger partial charge in [0.1, 0.15) is 0 Å². The third-order valence-electron chi connectivity index (χ3n) is 5.95. The summed E-state index contributed by atoms with van der Waals surface area (Å²) in [4.78, 5) is 0.395. The number of hydrogen-bond donors (Lipinski definition) is 0. The Morgan fingerprint density at radius 1 is 0.613 bits per heavy atom. The second-order valence-corrected chi connectivity index (χ2v) is 9.68. The van der Waals surface area contributed by atoms with Crippen LogP contribution in [0.15, 0.2) is 120 Å². The zero-order valence-electron chi connectivity index (χ0n) is 17.0. The lowest BCUT2D eigenvalue weighted by Gasteiger charge is -2.42. The third-order valence-corrected chi connectivity index (χ3v) is 7.85. The molecule has 0 saturated carbocycles. The molecule has 0 fully saturated rings. The van der Waals surface area contributed by atoms with Gasteiger partial charge in [-0.05, 0) is 28.3 Å². The van der Waals surface area contributed by atoms with E-state index in [1.54, 1.807) is 10.4 Å². The molecule has 1 heterocycles. The molecule has 5 rings (SSSR count). The molecule has 0 amide bonds. The third kappa shape index (κ3) is 3.58. The fourth-order valence-electron chi connectivity index (χ4n) is 4.56. The Labute approximate surface area is 183 Å². The van der Waals surface area contributed by atoms with Gasteiger partial charge < -0.3 is 0 Å². The van der Waals surface area contributed by atoms with E-state index in [1.165, 1.54) is 0 Å². The van der Waals surface area contributed by atoms with Crippen molar-refractivity contribution in [2.45, 2.75) is 23.4 Å². The summed E-state index contributed by atoms with van der Waals surface area (Å²) < 4.78 is 29.5. The van der Waals surface area contributed by atoms with Crippen LogP contribution < -0.4 is 0 Å². The van der Waals surface area contributed by atoms with Crippen LogP contribution in [0.5, 0.6) is 0 Å². The molecule has 31 heavy (non-hydrogen) atoms. The van der Waals surface area contributed by atoms with Gasteiger partial charge in [0.05, 0.1) is 10.9 Å². The van der Waals surface area contributed by atoms with Crippen LogP contribution in [0.1, 0.15) is 34.2 Å². The van der Waals surface area contributed by atoms with Gasteiger partial charge in [0.15, 0.2) is 0 Å². The Morgan fingerprint density at radius 3 is 1.77 bits per heavy atom. The molecular formula is C27H23NO2S. The maximum atomic E-state index is 13.9. The van der Waals surface area contributed by atoms with Gasteiger partial charge in [-0.2, -0.15) is 4.31 Å². The molecule has 1 aliphatic heterocycles. The standard InChI is InChI=1S/C27H23NO2S/c29-31(30)25-19-11-10-18-24(25)26(22-14-6-2-7-15-22)27(23-16-8-3-9-17-23)28(31)20-21-12-4-1-5-13-21/h1-19,26-27H,20H2/t26-,27+/m1/s1. The van der Waals surface area contributed by atoms with E-state index in [0.717, 1.165) is 22.3 Å². The van der Waals surface area contributed by atoms with E-state index >= 15 is 0 Å². The van der Waals surface area contributed by atoms with E-state index < -0.39 is 10.0 Å². The normalized spacial score (nSPS) is 20.1. The van der Waals surface area contributed by atoms with Gasteiger partial charge in [-0.3, -0.25) is 0 Å². The summed E-state index contributed by atoms with van der Waals surface area (Å²) in [7, 11) is -3.69. The van der Waals surface area contributed by atoms with Gasteiger partial charge in [-0.25, -0.2) is 8.42 Å². The highest BCUT2D eigenvalue weighted by Gasteiger charge is 2.45. The van der Waals surface area contributed by atoms with Crippen LogP contribution in [0.25, 0.3) is 0 Å². The maximum Gasteiger partial charge on any atom is 0.244 e. The summed E-state index contributed by atoms with van der Waals surface area (Å²) in [6, 6.07) is 37.1. The van der Waals surface area contributed by atoms with Crippen LogP contribution in [0, 0.1) is 0 Å². The number of fused-ring (bicyclic) bond motifs is 1. The number of sulfonamides is 1. The highest BCUT2D eigenvalue weighted by molar-refractivity contribution is 7.89. The summed E-state index contributed by atoms with van der Waals surface area (Å²) in [6.07, 6.45) is 0. The van der Waals surface area contributed by atoms with Crippen molar-refractivity contribution in [3.8, 4) is 0 Å². The molecule has 0 saturated heterocycles. The predicted molar refractivity (Wildman–Crippen MR) is 123 cm³/mol. The molecule has 0 unspecified atom stereocenters. The molecule has 154 valence electrons. The molecule has 0 aliphatic carbocycles. The lowest BCUT2D eigenvalue weighted by Crippen LogP contribution is -2.42. The Balaban J connectivity index is 1.77. The van der Waals surface area contributed by atoms with E-state index in [2.05, 4.69) is 12.1 Å². The first-order valence-electron chi connectivity index (χ1n) is 10.4. The largest absolute Gasteiger partial charge is 0.244 e. The molecule has 1 aliphatic rings. The minimum Gasteiger partial charge on any atom is -0.207 e. The predicted octanol–water partition coefficient (Wildman–Crippen LogP) is 5.76. The minimum atomic E-state index is -3.69. The highest BCUT2D eigenvalue weighted by Crippen LogP contribution is 2.49. The molecule has 4 aromatic rings. The summed E-state index contributed by atoms with van der Waals surface area (Å²) in [5.41, 5.74) is 3.92. The zero-order valence-corrected chi connectivity index (χ0v) is 17.8. The van der Waals surface area contributed by atoms with Crippen LogP contribution >= 0.6 is 0 Å². The van der Waals surface area contributed by atoms with Crippen molar-refractivity contribution >= 4 is 10.0 Å². The van der Waals surface area contributed by atoms with E-state index in [-0.39, 0.29) is 12.0 Å². The monoisotopic (exact) mass is 425 g/mol. The number of benzene rings is 4. The SMILES string of the molecule is O=S1(=O)c2ccccc2[C@@H](c2ccccc2)[C@H](c2ccccc2)N1Cc1ccccc1. The van der Waals surface area contributed by atoms with Gasteiger partial charge in [0.2, 0.25) is 10.0 Å². The molecule has 3 nitrogen and oxygen atoms in total. The molecule has 0 bridgehead atoms. The van der Waals surface area contributed by atoms with E-state index in [1.807, 2.05) is 97.1 Å². The van der Waals surface area contributed by atoms with Crippen molar-refractivity contribution in [3.05, 3.63) is 138 Å². The van der Waals surface area contributed by atoms with E-state index in [0.29, 0.717) is 11.4 Å². The number of hydrogen-bond acceptors (Lipinski definition) is 2. The van der Waals surface area contributed by atoms with Crippen LogP contribution in [0.2, 0.25) is 0 Å². The van der Waals surface area contributed by atoms with Gasteiger partial charge in [0.25, 0.3) is 0 Å². The van der Waals surface area contributed by atoms with E-state index in [9.17, 15) is 8.42 Å². The van der Waals surface area contributed by atoms with Crippen molar-refractivity contribution in [2.24, 2.45) is 0 Å². The smallest absolute Gasteiger partial charge is 0.207 e. The first-order valence-corrected chi connectivity index (χ1v) is 11.8. The first-order chi connectivity index (χ1) is 15.2. The van der Waals surface area contributed by atoms with Gasteiger partial charge >= 0.3 is 0 Å². The maximum absolute atomic E-state index is 13.9. The second-order valence-electron chi connectivity index (χ2n) is 7.82. The molecule has 4 aromatic carbocycles. The van der Waals surface area contributed by atoms with Gasteiger partial charge in [-0.1, -0.05) is 109 Å². The van der Waals surface area contributed by atoms with E-state index in [4.69, 9.17) is 0 Å². The summed E-state index contributed by atoms with van der Waals surface area (Å²) >= 11 is 0. The van der Waals surface area contributed by atoms with Gasteiger partial charge in [-0.15, -0.1) is 0 Å². The van der Waals surface area contributed by atoms with Crippen molar-refractivity contribution in [1.82, 2.24) is 4.31 Å². The Bertz CT molecular complexity index is 1270. The number of rotatable bonds is 4. The lowest BCUT2D eigenvalue weighted by atomic mass is 9.81. The summed E-state index contributed by atoms with van der Waals surface area (Å²) in [5, 5.41) is 0. The average molecular weight is 426 g/mol. The van der Waals surface area contributed by atoms with Crippen LogP contribution in [0.4, 0.5) is 0 Å². The van der Waals surface area contributed by atoms with Crippen molar-refractivity contribution in [1.29, 1.82) is 0 Å². The lowest BCUT2D eigenvalue weighted by molar-refractivity contribution is 0.280. The zero-order chi connectivity index (χ0) is 21.3. The molecular weight excluding hydrogens is 402 g/mol. The summed E-state index contributed by atoms with van der Waals surface area (Å²) in [6.45, 7) is 0.320. The molecule has 2 atom stereocenters. The topological polar surface area (TPSA) is 37.4 Å². The molecule has 0 aromatic heterocycles. The highest BCUT2D eigenvalue weighted by atomic mass is 32.2. The van der Waals surface area contributed by atoms with Crippen LogP contribution in [0.3, 0.4) is 0 Å². The molecule has 4 heteroatoms. The quantitative estimate of drug-likeness (QED) is 0.417. The Morgan fingerprint density at radius 2 is 1.13 bits per heavy atom. The van der Waals surface area contributed by atoms with Gasteiger partial charge in [0, 0.05) is 12.5 Å². The summed E-state index contributed by atoms with van der Waals surface area (Å²) in [5.74, 6) is -0.105. The van der Waals surface area contributed by atoms with Crippen molar-refractivity contribution < 1.29 is 8.42 Å². The molecule has 0 radical (unpaired) electrons. The Kier molecular flexibility index (Phi) is 5.18. The number of nitrogens with zero attached hydrogens (tertiary/aromatic N) is 1. The molecule has 0 spiro atoms. The fraction of sp³-hybridized carbons (Fsp3) is 0.111. The average Bonchev–Trinajstić information content (AvgIpc) is 2.82. The van der Waals surface area contributed by atoms with Crippen molar-refractivity contribution in [2.75, 3.05) is 0 Å². The Hall–Kier alpha value is -3.21. The fourth-order valence-corrected chi connectivity index (χ4v) is 6.42.